The molecule has 3 nitrogen and oxygen atoms in total. The lowest BCUT2D eigenvalue weighted by atomic mass is 9.95. The molecule has 17 heavy (non-hydrogen) atoms. The summed E-state index contributed by atoms with van der Waals surface area (Å²) in [6.45, 7) is 4.04. The van der Waals surface area contributed by atoms with E-state index in [1.54, 1.807) is 0 Å². The number of nitrogens with zero attached hydrogens (tertiary/aromatic N) is 1. The van der Waals surface area contributed by atoms with Gasteiger partial charge in [-0.1, -0.05) is 6.42 Å². The van der Waals surface area contributed by atoms with Crippen LogP contribution in [0.25, 0.3) is 0 Å². The number of hydrogen-bond donors (Lipinski definition) is 2. The van der Waals surface area contributed by atoms with Crippen LogP contribution in [0.4, 0.5) is 0 Å². The van der Waals surface area contributed by atoms with E-state index in [2.05, 4.69) is 10.2 Å². The lowest BCUT2D eigenvalue weighted by Crippen LogP contribution is -2.42. The first kappa shape index (κ1) is 11.9. The molecule has 3 heteroatoms. The molecular weight excluding hydrogens is 212 g/mol. The third-order valence-electron chi connectivity index (χ3n) is 5.02. The molecule has 3 aliphatic rings. The topological polar surface area (TPSA) is 35.5 Å². The van der Waals surface area contributed by atoms with E-state index in [0.29, 0.717) is 6.04 Å². The predicted molar refractivity (Wildman–Crippen MR) is 68.9 cm³/mol. The van der Waals surface area contributed by atoms with Gasteiger partial charge in [0.2, 0.25) is 0 Å². The number of fused-ring (bicyclic) bond motifs is 2. The molecule has 2 bridgehead atoms. The standard InChI is InChI=1S/C14H26N2O/c17-13(10-16-5-1-2-6-16)9-15-14-8-11-3-4-12(14)7-11/h11-15,17H,1-10H2. The van der Waals surface area contributed by atoms with Gasteiger partial charge in [0.1, 0.15) is 0 Å². The van der Waals surface area contributed by atoms with E-state index in [-0.39, 0.29) is 6.10 Å². The van der Waals surface area contributed by atoms with Gasteiger partial charge in [0.05, 0.1) is 6.10 Å². The normalized spacial score (nSPS) is 39.0. The summed E-state index contributed by atoms with van der Waals surface area (Å²) in [5, 5.41) is 13.6. The maximum atomic E-state index is 10.0. The molecule has 2 aliphatic carbocycles. The number of aliphatic hydroxyl groups is 1. The van der Waals surface area contributed by atoms with Crippen LogP contribution in [0.3, 0.4) is 0 Å². The summed E-state index contributed by atoms with van der Waals surface area (Å²) >= 11 is 0. The highest BCUT2D eigenvalue weighted by atomic mass is 16.3. The Balaban J connectivity index is 1.36. The third kappa shape index (κ3) is 2.83. The van der Waals surface area contributed by atoms with Crippen molar-refractivity contribution in [3.63, 3.8) is 0 Å². The molecular formula is C14H26N2O. The molecule has 1 saturated heterocycles. The van der Waals surface area contributed by atoms with E-state index in [1.807, 2.05) is 0 Å². The van der Waals surface area contributed by atoms with Gasteiger partial charge < -0.3 is 15.3 Å². The molecule has 0 aromatic carbocycles. The first-order valence-corrected chi connectivity index (χ1v) is 7.45. The van der Waals surface area contributed by atoms with Gasteiger partial charge in [-0.2, -0.15) is 0 Å². The Bertz CT molecular complexity index is 253. The molecule has 0 amide bonds. The van der Waals surface area contributed by atoms with E-state index < -0.39 is 0 Å². The molecule has 3 fully saturated rings. The number of rotatable bonds is 5. The van der Waals surface area contributed by atoms with Crippen molar-refractivity contribution in [2.24, 2.45) is 11.8 Å². The van der Waals surface area contributed by atoms with Crippen molar-refractivity contribution in [1.82, 2.24) is 10.2 Å². The molecule has 4 atom stereocenters. The highest BCUT2D eigenvalue weighted by Crippen LogP contribution is 2.44. The molecule has 2 N–H and O–H groups in total. The fourth-order valence-electron chi connectivity index (χ4n) is 4.11. The zero-order valence-electron chi connectivity index (χ0n) is 10.8. The molecule has 2 saturated carbocycles. The van der Waals surface area contributed by atoms with E-state index in [1.165, 1.54) is 51.6 Å². The van der Waals surface area contributed by atoms with E-state index >= 15 is 0 Å². The Hall–Kier alpha value is -0.120. The highest BCUT2D eigenvalue weighted by molar-refractivity contribution is 4.94. The van der Waals surface area contributed by atoms with Gasteiger partial charge in [-0.05, 0) is 57.0 Å². The Morgan fingerprint density at radius 2 is 2.00 bits per heavy atom. The number of likely N-dealkylation sites (tertiary alicyclic amines) is 1. The second kappa shape index (κ2) is 5.25. The zero-order chi connectivity index (χ0) is 11.7. The maximum absolute atomic E-state index is 10.0. The van der Waals surface area contributed by atoms with E-state index in [9.17, 15) is 5.11 Å². The minimum Gasteiger partial charge on any atom is -0.390 e. The predicted octanol–water partition coefficient (Wildman–Crippen LogP) is 1.22. The van der Waals surface area contributed by atoms with Gasteiger partial charge in [0.15, 0.2) is 0 Å². The van der Waals surface area contributed by atoms with Crippen molar-refractivity contribution in [3.05, 3.63) is 0 Å². The zero-order valence-corrected chi connectivity index (χ0v) is 10.8. The SMILES string of the molecule is OC(CNC1CC2CCC1C2)CN1CCCC1. The van der Waals surface area contributed by atoms with Crippen LogP contribution in [0.15, 0.2) is 0 Å². The summed E-state index contributed by atoms with van der Waals surface area (Å²) in [5.41, 5.74) is 0. The molecule has 98 valence electrons. The molecule has 1 heterocycles. The van der Waals surface area contributed by atoms with Crippen molar-refractivity contribution in [3.8, 4) is 0 Å². The monoisotopic (exact) mass is 238 g/mol. The van der Waals surface area contributed by atoms with Gasteiger partial charge >= 0.3 is 0 Å². The van der Waals surface area contributed by atoms with Crippen LogP contribution in [0.1, 0.15) is 38.5 Å². The summed E-state index contributed by atoms with van der Waals surface area (Å²) in [4.78, 5) is 2.40. The van der Waals surface area contributed by atoms with Crippen LogP contribution in [0, 0.1) is 11.8 Å². The van der Waals surface area contributed by atoms with E-state index in [0.717, 1.165) is 24.9 Å². The van der Waals surface area contributed by atoms with Gasteiger partial charge in [-0.25, -0.2) is 0 Å². The highest BCUT2D eigenvalue weighted by Gasteiger charge is 2.39. The van der Waals surface area contributed by atoms with Gasteiger partial charge in [-0.15, -0.1) is 0 Å². The van der Waals surface area contributed by atoms with Crippen LogP contribution in [0.2, 0.25) is 0 Å². The summed E-state index contributed by atoms with van der Waals surface area (Å²) in [7, 11) is 0. The van der Waals surface area contributed by atoms with Crippen LogP contribution in [-0.4, -0.2) is 48.3 Å². The number of aliphatic hydroxyl groups excluding tert-OH is 1. The largest absolute Gasteiger partial charge is 0.390 e. The fraction of sp³-hybridized carbons (Fsp3) is 1.00. The first-order chi connectivity index (χ1) is 8.31. The van der Waals surface area contributed by atoms with Crippen molar-refractivity contribution in [1.29, 1.82) is 0 Å². The summed E-state index contributed by atoms with van der Waals surface area (Å²) < 4.78 is 0. The number of nitrogens with one attached hydrogen (secondary N) is 1. The lowest BCUT2D eigenvalue weighted by Gasteiger charge is -2.26. The minimum absolute atomic E-state index is 0.174. The van der Waals surface area contributed by atoms with Crippen molar-refractivity contribution in [2.75, 3.05) is 26.2 Å². The molecule has 0 aromatic heterocycles. The van der Waals surface area contributed by atoms with Crippen LogP contribution in [-0.2, 0) is 0 Å². The average Bonchev–Trinajstić information content (AvgIpc) is 3.02. The number of β-amino-alcohol motifs (C(OH)–C–C–N with tert-alkyl or cyclic N) is 1. The lowest BCUT2D eigenvalue weighted by molar-refractivity contribution is 0.117. The average molecular weight is 238 g/mol. The Labute approximate surface area is 105 Å². The van der Waals surface area contributed by atoms with Crippen molar-refractivity contribution in [2.45, 2.75) is 50.7 Å². The quantitative estimate of drug-likeness (QED) is 0.756. The Kier molecular flexibility index (Phi) is 3.69. The van der Waals surface area contributed by atoms with E-state index in [4.69, 9.17) is 0 Å². The third-order valence-corrected chi connectivity index (χ3v) is 5.02. The molecule has 3 rings (SSSR count). The summed E-state index contributed by atoms with van der Waals surface area (Å²) in [6.07, 6.45) is 8.14. The molecule has 0 aromatic rings. The summed E-state index contributed by atoms with van der Waals surface area (Å²) in [6, 6.07) is 0.710. The fourth-order valence-corrected chi connectivity index (χ4v) is 4.11. The second-order valence-corrected chi connectivity index (χ2v) is 6.35. The minimum atomic E-state index is -0.174. The van der Waals surface area contributed by atoms with Gasteiger partial charge in [-0.3, -0.25) is 0 Å². The van der Waals surface area contributed by atoms with Crippen LogP contribution < -0.4 is 5.32 Å². The maximum Gasteiger partial charge on any atom is 0.0791 e. The molecule has 0 radical (unpaired) electrons. The number of hydrogen-bond acceptors (Lipinski definition) is 3. The molecule has 4 unspecified atom stereocenters. The summed E-state index contributed by atoms with van der Waals surface area (Å²) in [5.74, 6) is 1.91. The molecule has 0 spiro atoms. The smallest absolute Gasteiger partial charge is 0.0791 e. The Morgan fingerprint density at radius 3 is 2.65 bits per heavy atom. The molecule has 1 aliphatic heterocycles. The van der Waals surface area contributed by atoms with Gasteiger partial charge in [0, 0.05) is 19.1 Å². The van der Waals surface area contributed by atoms with Crippen molar-refractivity contribution >= 4 is 0 Å². The van der Waals surface area contributed by atoms with Crippen LogP contribution >= 0.6 is 0 Å². The van der Waals surface area contributed by atoms with Crippen LogP contribution in [0.5, 0.6) is 0 Å². The van der Waals surface area contributed by atoms with Gasteiger partial charge in [0.25, 0.3) is 0 Å². The first-order valence-electron chi connectivity index (χ1n) is 7.45. The Morgan fingerprint density at radius 1 is 1.18 bits per heavy atom. The second-order valence-electron chi connectivity index (χ2n) is 6.35. The van der Waals surface area contributed by atoms with Crippen molar-refractivity contribution < 1.29 is 5.11 Å².